The van der Waals surface area contributed by atoms with Gasteiger partial charge in [-0.05, 0) is 38.8 Å². The summed E-state index contributed by atoms with van der Waals surface area (Å²) in [5.74, 6) is 0.985. The molecule has 7 nitrogen and oxygen atoms in total. The van der Waals surface area contributed by atoms with Gasteiger partial charge in [0.25, 0.3) is 0 Å². The lowest BCUT2D eigenvalue weighted by Crippen LogP contribution is -2.49. The second-order valence-electron chi connectivity index (χ2n) is 8.09. The first-order chi connectivity index (χ1) is 14.0. The lowest BCUT2D eigenvalue weighted by atomic mass is 10.1. The van der Waals surface area contributed by atoms with Gasteiger partial charge in [-0.25, -0.2) is 0 Å². The first kappa shape index (κ1) is 24.5. The van der Waals surface area contributed by atoms with Crippen molar-refractivity contribution in [2.45, 2.75) is 39.2 Å². The van der Waals surface area contributed by atoms with Crippen molar-refractivity contribution in [1.29, 1.82) is 0 Å². The van der Waals surface area contributed by atoms with Crippen LogP contribution in [0.5, 0.6) is 5.75 Å². The molecule has 1 N–H and O–H groups in total. The van der Waals surface area contributed by atoms with Crippen LogP contribution in [0.2, 0.25) is 0 Å². The summed E-state index contributed by atoms with van der Waals surface area (Å²) in [6.45, 7) is 10.2. The Bertz CT molecular complexity index is 693. The number of benzene rings is 1. The van der Waals surface area contributed by atoms with Crippen molar-refractivity contribution in [1.82, 2.24) is 15.1 Å². The first-order valence-corrected chi connectivity index (χ1v) is 10.8. The van der Waals surface area contributed by atoms with Crippen molar-refractivity contribution in [2.75, 3.05) is 57.3 Å². The highest BCUT2D eigenvalue weighted by molar-refractivity contribution is 8.93. The number of hydrogen-bond donors (Lipinski definition) is 1. The standard InChI is InChI=1S/C22H34N4O3.BrH/c1-18(2)29-20-8-4-3-7-19(20)25-15-13-24(14-16-25)12-10-23-21(27)17-26-11-6-5-9-22(26)28;/h3-4,7-8,18H,5-6,9-17H2,1-2H3,(H,23,27);1H. The number of carbonyl (C=O) groups excluding carboxylic acids is 2. The summed E-state index contributed by atoms with van der Waals surface area (Å²) < 4.78 is 5.96. The molecular formula is C22H35BrN4O3. The fourth-order valence-corrected chi connectivity index (χ4v) is 3.90. The number of halogens is 1. The Labute approximate surface area is 190 Å². The van der Waals surface area contributed by atoms with Gasteiger partial charge in [0.05, 0.1) is 18.3 Å². The summed E-state index contributed by atoms with van der Waals surface area (Å²) in [5, 5.41) is 2.96. The van der Waals surface area contributed by atoms with Gasteiger partial charge in [0, 0.05) is 52.2 Å². The average molecular weight is 483 g/mol. The molecule has 168 valence electrons. The van der Waals surface area contributed by atoms with Crippen LogP contribution in [0, 0.1) is 0 Å². The van der Waals surface area contributed by atoms with Crippen molar-refractivity contribution >= 4 is 34.5 Å². The zero-order valence-corrected chi connectivity index (χ0v) is 19.9. The maximum atomic E-state index is 12.1. The number of piperidine rings is 1. The van der Waals surface area contributed by atoms with E-state index in [0.717, 1.165) is 57.0 Å². The van der Waals surface area contributed by atoms with E-state index in [1.807, 2.05) is 26.0 Å². The molecule has 0 spiro atoms. The van der Waals surface area contributed by atoms with Crippen molar-refractivity contribution in [3.63, 3.8) is 0 Å². The number of carbonyl (C=O) groups is 2. The molecule has 0 unspecified atom stereocenters. The number of nitrogens with one attached hydrogen (secondary N) is 1. The van der Waals surface area contributed by atoms with E-state index < -0.39 is 0 Å². The molecule has 2 amide bonds. The largest absolute Gasteiger partial charge is 0.489 e. The van der Waals surface area contributed by atoms with Gasteiger partial charge < -0.3 is 19.9 Å². The number of ether oxygens (including phenoxy) is 1. The molecule has 2 saturated heterocycles. The molecule has 1 aromatic carbocycles. The van der Waals surface area contributed by atoms with Crippen molar-refractivity contribution < 1.29 is 14.3 Å². The molecule has 0 bridgehead atoms. The average Bonchev–Trinajstić information content (AvgIpc) is 2.70. The van der Waals surface area contributed by atoms with E-state index in [2.05, 4.69) is 27.2 Å². The summed E-state index contributed by atoms with van der Waals surface area (Å²) in [4.78, 5) is 30.3. The Morgan fingerprint density at radius 3 is 2.53 bits per heavy atom. The molecule has 2 heterocycles. The number of nitrogens with zero attached hydrogens (tertiary/aromatic N) is 3. The topological polar surface area (TPSA) is 65.1 Å². The van der Waals surface area contributed by atoms with Crippen LogP contribution in [0.1, 0.15) is 33.1 Å². The van der Waals surface area contributed by atoms with Gasteiger partial charge >= 0.3 is 0 Å². The SMILES string of the molecule is Br.CC(C)Oc1ccccc1N1CCN(CCNC(=O)CN2CCCCC2=O)CC1. The predicted octanol–water partition coefficient (Wildman–Crippen LogP) is 2.30. The Balaban J connectivity index is 0.00000320. The van der Waals surface area contributed by atoms with Crippen LogP contribution in [-0.4, -0.2) is 80.1 Å². The van der Waals surface area contributed by atoms with Crippen LogP contribution < -0.4 is 15.0 Å². The van der Waals surface area contributed by atoms with Gasteiger partial charge in [-0.2, -0.15) is 0 Å². The maximum Gasteiger partial charge on any atom is 0.239 e. The van der Waals surface area contributed by atoms with E-state index in [9.17, 15) is 9.59 Å². The molecule has 3 rings (SSSR count). The minimum atomic E-state index is -0.0568. The van der Waals surface area contributed by atoms with Crippen molar-refractivity contribution in [3.8, 4) is 5.75 Å². The van der Waals surface area contributed by atoms with Gasteiger partial charge in [0.1, 0.15) is 5.75 Å². The number of rotatable bonds is 8. The fourth-order valence-electron chi connectivity index (χ4n) is 3.90. The van der Waals surface area contributed by atoms with Crippen LogP contribution in [0.25, 0.3) is 0 Å². The quantitative estimate of drug-likeness (QED) is 0.615. The number of piperazine rings is 1. The summed E-state index contributed by atoms with van der Waals surface area (Å²) in [5.41, 5.74) is 1.15. The second kappa shape index (κ2) is 12.2. The Morgan fingerprint density at radius 1 is 1.10 bits per heavy atom. The molecule has 30 heavy (non-hydrogen) atoms. The fraction of sp³-hybridized carbons (Fsp3) is 0.636. The summed E-state index contributed by atoms with van der Waals surface area (Å²) in [6, 6.07) is 8.22. The molecule has 0 aromatic heterocycles. The van der Waals surface area contributed by atoms with Crippen molar-refractivity contribution in [2.24, 2.45) is 0 Å². The minimum absolute atomic E-state index is 0. The van der Waals surface area contributed by atoms with E-state index in [4.69, 9.17) is 4.74 Å². The van der Waals surface area contributed by atoms with Crippen LogP contribution in [0.15, 0.2) is 24.3 Å². The molecule has 8 heteroatoms. The third-order valence-corrected chi connectivity index (χ3v) is 5.45. The highest BCUT2D eigenvalue weighted by Gasteiger charge is 2.22. The summed E-state index contributed by atoms with van der Waals surface area (Å²) in [6.07, 6.45) is 2.66. The monoisotopic (exact) mass is 482 g/mol. The lowest BCUT2D eigenvalue weighted by molar-refractivity contribution is -0.137. The van der Waals surface area contributed by atoms with Crippen LogP contribution in [0.3, 0.4) is 0 Å². The number of para-hydroxylation sites is 2. The Kier molecular flexibility index (Phi) is 9.91. The predicted molar refractivity (Wildman–Crippen MR) is 125 cm³/mol. The Hall–Kier alpha value is -1.80. The highest BCUT2D eigenvalue weighted by atomic mass is 79.9. The van der Waals surface area contributed by atoms with Gasteiger partial charge in [-0.1, -0.05) is 12.1 Å². The number of likely N-dealkylation sites (tertiary alicyclic amines) is 1. The second-order valence-corrected chi connectivity index (χ2v) is 8.09. The van der Waals surface area contributed by atoms with E-state index in [1.54, 1.807) is 4.90 Å². The highest BCUT2D eigenvalue weighted by Crippen LogP contribution is 2.29. The third kappa shape index (κ3) is 7.16. The molecule has 0 aliphatic carbocycles. The minimum Gasteiger partial charge on any atom is -0.489 e. The molecule has 2 aliphatic rings. The number of anilines is 1. The van der Waals surface area contributed by atoms with Gasteiger partial charge in [-0.15, -0.1) is 17.0 Å². The number of amides is 2. The third-order valence-electron chi connectivity index (χ3n) is 5.45. The smallest absolute Gasteiger partial charge is 0.239 e. The first-order valence-electron chi connectivity index (χ1n) is 10.8. The molecule has 2 aliphatic heterocycles. The van der Waals surface area contributed by atoms with Crippen molar-refractivity contribution in [3.05, 3.63) is 24.3 Å². The number of hydrogen-bond acceptors (Lipinski definition) is 5. The van der Waals surface area contributed by atoms with Crippen LogP contribution >= 0.6 is 17.0 Å². The van der Waals surface area contributed by atoms with E-state index >= 15 is 0 Å². The van der Waals surface area contributed by atoms with E-state index in [-0.39, 0.29) is 41.4 Å². The van der Waals surface area contributed by atoms with E-state index in [0.29, 0.717) is 19.5 Å². The molecular weight excluding hydrogens is 448 g/mol. The Morgan fingerprint density at radius 2 is 1.83 bits per heavy atom. The molecule has 0 atom stereocenters. The van der Waals surface area contributed by atoms with Crippen LogP contribution in [0.4, 0.5) is 5.69 Å². The molecule has 0 saturated carbocycles. The summed E-state index contributed by atoms with van der Waals surface area (Å²) >= 11 is 0. The molecule has 2 fully saturated rings. The van der Waals surface area contributed by atoms with Gasteiger partial charge in [-0.3, -0.25) is 14.5 Å². The maximum absolute atomic E-state index is 12.1. The summed E-state index contributed by atoms with van der Waals surface area (Å²) in [7, 11) is 0. The van der Waals surface area contributed by atoms with E-state index in [1.165, 1.54) is 0 Å². The zero-order valence-electron chi connectivity index (χ0n) is 18.1. The molecule has 1 aromatic rings. The molecule has 0 radical (unpaired) electrons. The van der Waals surface area contributed by atoms with Gasteiger partial charge in [0.15, 0.2) is 0 Å². The van der Waals surface area contributed by atoms with Gasteiger partial charge in [0.2, 0.25) is 11.8 Å². The zero-order chi connectivity index (χ0) is 20.6. The lowest BCUT2D eigenvalue weighted by Gasteiger charge is -2.37. The normalized spacial score (nSPS) is 17.6. The van der Waals surface area contributed by atoms with Crippen LogP contribution in [-0.2, 0) is 9.59 Å².